The van der Waals surface area contributed by atoms with Gasteiger partial charge in [0.25, 0.3) is 0 Å². The smallest absolute Gasteiger partial charge is 0.465 e. The van der Waals surface area contributed by atoms with Gasteiger partial charge in [-0.25, -0.2) is 9.78 Å². The molecule has 0 unspecified atom stereocenters. The zero-order valence-electron chi connectivity index (χ0n) is 15.7. The number of anilines is 1. The van der Waals surface area contributed by atoms with Crippen LogP contribution in [0, 0.1) is 5.92 Å². The maximum absolute atomic E-state index is 12.4. The fourth-order valence-corrected chi connectivity index (χ4v) is 3.45. The van der Waals surface area contributed by atoms with Crippen molar-refractivity contribution < 1.29 is 27.8 Å². The Kier molecular flexibility index (Phi) is 6.46. The van der Waals surface area contributed by atoms with E-state index >= 15 is 0 Å². The molecule has 0 radical (unpaired) electrons. The van der Waals surface area contributed by atoms with Gasteiger partial charge < -0.3 is 20.1 Å². The molecule has 2 heterocycles. The summed E-state index contributed by atoms with van der Waals surface area (Å²) in [5, 5.41) is 11.0. The van der Waals surface area contributed by atoms with Gasteiger partial charge in [-0.3, -0.25) is 0 Å². The second-order valence-electron chi connectivity index (χ2n) is 6.93. The molecule has 156 valence electrons. The van der Waals surface area contributed by atoms with E-state index in [2.05, 4.69) is 19.9 Å². The monoisotopic (exact) mass is 409 g/mol. The van der Waals surface area contributed by atoms with Gasteiger partial charge in [-0.1, -0.05) is 12.1 Å². The van der Waals surface area contributed by atoms with E-state index in [0.717, 1.165) is 38.2 Å². The Hall–Kier alpha value is -2.97. The maximum Gasteiger partial charge on any atom is 0.573 e. The van der Waals surface area contributed by atoms with Gasteiger partial charge in [0.05, 0.1) is 0 Å². The highest BCUT2D eigenvalue weighted by Gasteiger charge is 2.31. The number of aromatic nitrogens is 1. The van der Waals surface area contributed by atoms with Crippen LogP contribution in [0.2, 0.25) is 0 Å². The Morgan fingerprint density at radius 1 is 1.21 bits per heavy atom. The van der Waals surface area contributed by atoms with Crippen LogP contribution in [0.15, 0.2) is 42.6 Å². The van der Waals surface area contributed by atoms with Crippen LogP contribution in [0.5, 0.6) is 5.75 Å². The van der Waals surface area contributed by atoms with Gasteiger partial charge >= 0.3 is 12.5 Å². The highest BCUT2D eigenvalue weighted by molar-refractivity contribution is 5.65. The molecule has 1 aromatic heterocycles. The molecule has 1 saturated heterocycles. The minimum atomic E-state index is -4.73. The molecule has 6 nitrogen and oxygen atoms in total. The second kappa shape index (κ2) is 9.02. The van der Waals surface area contributed by atoms with E-state index in [-0.39, 0.29) is 5.75 Å². The normalized spacial score (nSPS) is 15.2. The fourth-order valence-electron chi connectivity index (χ4n) is 3.45. The first-order chi connectivity index (χ1) is 13.8. The van der Waals surface area contributed by atoms with Gasteiger partial charge in [0, 0.05) is 31.4 Å². The summed E-state index contributed by atoms with van der Waals surface area (Å²) in [6.07, 6.45) is -1.34. The summed E-state index contributed by atoms with van der Waals surface area (Å²) in [5.41, 5.74) is 1.30. The molecule has 1 amide bonds. The highest BCUT2D eigenvalue weighted by atomic mass is 19.4. The van der Waals surface area contributed by atoms with Crippen LogP contribution in [0.1, 0.15) is 19.3 Å². The molecule has 1 fully saturated rings. The lowest BCUT2D eigenvalue weighted by Crippen LogP contribution is -2.35. The SMILES string of the molecule is O=C(O)NCCC1CCN(c2ccc(-c3cccc(OC(F)(F)F)c3)cn2)CC1. The standard InChI is InChI=1S/C20H22F3N3O3/c21-20(22,23)29-17-3-1-2-15(12-17)16-4-5-18(25-13-16)26-10-7-14(8-11-26)6-9-24-19(27)28/h1-5,12-14,24H,6-11H2,(H,27,28). The van der Waals surface area contributed by atoms with E-state index in [1.807, 2.05) is 12.1 Å². The quantitative estimate of drug-likeness (QED) is 0.734. The first kappa shape index (κ1) is 20.8. The summed E-state index contributed by atoms with van der Waals surface area (Å²) >= 11 is 0. The van der Waals surface area contributed by atoms with Crippen LogP contribution < -0.4 is 15.0 Å². The van der Waals surface area contributed by atoms with E-state index in [4.69, 9.17) is 5.11 Å². The lowest BCUT2D eigenvalue weighted by Gasteiger charge is -2.32. The first-order valence-electron chi connectivity index (χ1n) is 9.34. The number of hydrogen-bond donors (Lipinski definition) is 2. The first-order valence-corrected chi connectivity index (χ1v) is 9.34. The number of pyridine rings is 1. The third kappa shape index (κ3) is 6.27. The van der Waals surface area contributed by atoms with Crippen molar-refractivity contribution in [2.75, 3.05) is 24.5 Å². The lowest BCUT2D eigenvalue weighted by atomic mass is 9.93. The molecule has 0 saturated carbocycles. The van der Waals surface area contributed by atoms with Crippen molar-refractivity contribution in [3.05, 3.63) is 42.6 Å². The van der Waals surface area contributed by atoms with Gasteiger partial charge in [0.2, 0.25) is 0 Å². The highest BCUT2D eigenvalue weighted by Crippen LogP contribution is 2.29. The molecule has 0 atom stereocenters. The van der Waals surface area contributed by atoms with Crippen LogP contribution in [-0.2, 0) is 0 Å². The van der Waals surface area contributed by atoms with Crippen molar-refractivity contribution >= 4 is 11.9 Å². The van der Waals surface area contributed by atoms with Gasteiger partial charge in [-0.15, -0.1) is 13.2 Å². The summed E-state index contributed by atoms with van der Waals surface area (Å²) in [6.45, 7) is 2.13. The molecule has 1 aliphatic heterocycles. The zero-order valence-corrected chi connectivity index (χ0v) is 15.7. The number of carbonyl (C=O) groups is 1. The predicted molar refractivity (Wildman–Crippen MR) is 102 cm³/mol. The van der Waals surface area contributed by atoms with Gasteiger partial charge in [-0.05, 0) is 55.0 Å². The number of piperidine rings is 1. The summed E-state index contributed by atoms with van der Waals surface area (Å²) in [6, 6.07) is 9.50. The van der Waals surface area contributed by atoms with Crippen molar-refractivity contribution in [2.24, 2.45) is 5.92 Å². The molecule has 3 rings (SSSR count). The number of rotatable bonds is 6. The summed E-state index contributed by atoms with van der Waals surface area (Å²) in [4.78, 5) is 17.1. The van der Waals surface area contributed by atoms with Crippen LogP contribution in [0.25, 0.3) is 11.1 Å². The largest absolute Gasteiger partial charge is 0.573 e. The molecule has 0 aliphatic carbocycles. The van der Waals surface area contributed by atoms with Crippen molar-refractivity contribution in [3.8, 4) is 16.9 Å². The molecule has 2 aromatic rings. The second-order valence-corrected chi connectivity index (χ2v) is 6.93. The number of alkyl halides is 3. The minimum Gasteiger partial charge on any atom is -0.465 e. The van der Waals surface area contributed by atoms with E-state index in [9.17, 15) is 18.0 Å². The number of amides is 1. The molecule has 0 spiro atoms. The fraction of sp³-hybridized carbons (Fsp3) is 0.400. The molecule has 1 aromatic carbocycles. The van der Waals surface area contributed by atoms with Crippen molar-refractivity contribution in [1.82, 2.24) is 10.3 Å². The average molecular weight is 409 g/mol. The van der Waals surface area contributed by atoms with E-state index in [1.54, 1.807) is 12.3 Å². The third-order valence-electron chi connectivity index (χ3n) is 4.92. The van der Waals surface area contributed by atoms with Crippen LogP contribution in [0.4, 0.5) is 23.8 Å². The Bertz CT molecular complexity index is 820. The van der Waals surface area contributed by atoms with E-state index < -0.39 is 12.5 Å². The van der Waals surface area contributed by atoms with Crippen molar-refractivity contribution in [3.63, 3.8) is 0 Å². The van der Waals surface area contributed by atoms with E-state index in [1.165, 1.54) is 18.2 Å². The van der Waals surface area contributed by atoms with Crippen LogP contribution in [-0.4, -0.2) is 42.2 Å². The Morgan fingerprint density at radius 2 is 1.97 bits per heavy atom. The summed E-state index contributed by atoms with van der Waals surface area (Å²) in [5.74, 6) is 1.03. The third-order valence-corrected chi connectivity index (χ3v) is 4.92. The summed E-state index contributed by atoms with van der Waals surface area (Å²) in [7, 11) is 0. The number of nitrogens with one attached hydrogen (secondary N) is 1. The topological polar surface area (TPSA) is 74.7 Å². The predicted octanol–water partition coefficient (Wildman–Crippen LogP) is 4.52. The van der Waals surface area contributed by atoms with Crippen molar-refractivity contribution in [1.29, 1.82) is 0 Å². The Morgan fingerprint density at radius 3 is 2.59 bits per heavy atom. The van der Waals surface area contributed by atoms with Gasteiger partial charge in [0.1, 0.15) is 11.6 Å². The number of nitrogens with zero attached hydrogens (tertiary/aromatic N) is 2. The number of benzene rings is 1. The van der Waals surface area contributed by atoms with Gasteiger partial charge in [-0.2, -0.15) is 0 Å². The molecular weight excluding hydrogens is 387 g/mol. The molecule has 0 bridgehead atoms. The molecule has 9 heteroatoms. The van der Waals surface area contributed by atoms with Crippen LogP contribution >= 0.6 is 0 Å². The Labute approximate surface area is 166 Å². The number of hydrogen-bond acceptors (Lipinski definition) is 4. The minimum absolute atomic E-state index is 0.265. The molecule has 2 N–H and O–H groups in total. The molecular formula is C20H22F3N3O3. The lowest BCUT2D eigenvalue weighted by molar-refractivity contribution is -0.274. The zero-order chi connectivity index (χ0) is 20.9. The molecule has 1 aliphatic rings. The summed E-state index contributed by atoms with van der Waals surface area (Å²) < 4.78 is 41.2. The van der Waals surface area contributed by atoms with Crippen molar-refractivity contribution in [2.45, 2.75) is 25.6 Å². The van der Waals surface area contributed by atoms with Gasteiger partial charge in [0.15, 0.2) is 0 Å². The maximum atomic E-state index is 12.4. The number of ether oxygens (including phenoxy) is 1. The van der Waals surface area contributed by atoms with E-state index in [0.29, 0.717) is 23.6 Å². The number of halogens is 3. The number of carboxylic acid groups (broad SMARTS) is 1. The molecule has 29 heavy (non-hydrogen) atoms. The average Bonchev–Trinajstić information content (AvgIpc) is 2.67. The Balaban J connectivity index is 1.57. The van der Waals surface area contributed by atoms with Crippen LogP contribution in [0.3, 0.4) is 0 Å².